The molecule has 1 atom stereocenters. The van der Waals surface area contributed by atoms with Gasteiger partial charge >= 0.3 is 0 Å². The third-order valence-corrected chi connectivity index (χ3v) is 3.61. The molecule has 106 valence electrons. The van der Waals surface area contributed by atoms with Crippen molar-refractivity contribution in [2.24, 2.45) is 0 Å². The molecule has 0 radical (unpaired) electrons. The summed E-state index contributed by atoms with van der Waals surface area (Å²) >= 11 is 1.48. The van der Waals surface area contributed by atoms with E-state index in [9.17, 15) is 15.2 Å². The molecule has 6 nitrogen and oxygen atoms in total. The average molecular weight is 294 g/mol. The number of thiazole rings is 1. The largest absolute Gasteiger partial charge is 0.486 e. The third kappa shape index (κ3) is 3.31. The maximum atomic E-state index is 10.7. The lowest BCUT2D eigenvalue weighted by atomic mass is 10.1. The lowest BCUT2D eigenvalue weighted by molar-refractivity contribution is -0.385. The highest BCUT2D eigenvalue weighted by molar-refractivity contribution is 7.09. The van der Waals surface area contributed by atoms with Gasteiger partial charge < -0.3 is 9.84 Å². The number of hydrogen-bond acceptors (Lipinski definition) is 6. The third-order valence-electron chi connectivity index (χ3n) is 2.67. The van der Waals surface area contributed by atoms with Gasteiger partial charge in [0, 0.05) is 28.8 Å². The van der Waals surface area contributed by atoms with Gasteiger partial charge in [-0.25, -0.2) is 4.98 Å². The van der Waals surface area contributed by atoms with Crippen LogP contribution in [0.1, 0.15) is 29.3 Å². The molecule has 1 heterocycles. The number of nitro benzene ring substituents is 1. The lowest BCUT2D eigenvalue weighted by Crippen LogP contribution is -2.02. The Morgan fingerprint density at radius 1 is 1.55 bits per heavy atom. The second kappa shape index (κ2) is 5.98. The van der Waals surface area contributed by atoms with E-state index in [0.717, 1.165) is 10.7 Å². The summed E-state index contributed by atoms with van der Waals surface area (Å²) in [5, 5.41) is 23.2. The van der Waals surface area contributed by atoms with Crippen LogP contribution in [0.5, 0.6) is 5.75 Å². The van der Waals surface area contributed by atoms with Gasteiger partial charge in [-0.05, 0) is 19.9 Å². The van der Waals surface area contributed by atoms with Crippen molar-refractivity contribution in [2.45, 2.75) is 26.6 Å². The molecule has 0 saturated carbocycles. The van der Waals surface area contributed by atoms with E-state index in [1.807, 2.05) is 12.3 Å². The second-order valence-corrected chi connectivity index (χ2v) is 5.27. The number of ether oxygens (including phenoxy) is 1. The predicted octanol–water partition coefficient (Wildman–Crippen LogP) is 2.99. The molecule has 1 aromatic heterocycles. The smallest absolute Gasteiger partial charge is 0.270 e. The van der Waals surface area contributed by atoms with Gasteiger partial charge in [-0.1, -0.05) is 0 Å². The molecule has 0 spiro atoms. The van der Waals surface area contributed by atoms with E-state index < -0.39 is 11.0 Å². The van der Waals surface area contributed by atoms with Crippen LogP contribution in [0.4, 0.5) is 5.69 Å². The quantitative estimate of drug-likeness (QED) is 0.676. The molecule has 20 heavy (non-hydrogen) atoms. The number of hydrogen-bond donors (Lipinski definition) is 1. The molecule has 0 saturated heterocycles. The topological polar surface area (TPSA) is 85.5 Å². The van der Waals surface area contributed by atoms with E-state index in [0.29, 0.717) is 11.3 Å². The number of benzene rings is 1. The highest BCUT2D eigenvalue weighted by Gasteiger charge is 2.15. The van der Waals surface area contributed by atoms with E-state index in [1.54, 1.807) is 6.92 Å². The molecule has 1 N–H and O–H groups in total. The summed E-state index contributed by atoms with van der Waals surface area (Å²) in [5.41, 5.74) is 1.25. The van der Waals surface area contributed by atoms with Crippen molar-refractivity contribution in [3.8, 4) is 5.75 Å². The molecule has 0 aliphatic heterocycles. The summed E-state index contributed by atoms with van der Waals surface area (Å²) in [5.74, 6) is 0.429. The van der Waals surface area contributed by atoms with Crippen LogP contribution >= 0.6 is 11.3 Å². The Labute approximate surface area is 119 Å². The van der Waals surface area contributed by atoms with Crippen LogP contribution in [-0.2, 0) is 6.61 Å². The van der Waals surface area contributed by atoms with Crippen molar-refractivity contribution in [1.29, 1.82) is 0 Å². The van der Waals surface area contributed by atoms with Crippen molar-refractivity contribution in [3.63, 3.8) is 0 Å². The number of aliphatic hydroxyl groups excluding tert-OH is 1. The SMILES string of the molecule is Cc1csc(COc2ccc([N+](=O)[O-])cc2C(C)O)n1. The molecule has 0 bridgehead atoms. The van der Waals surface area contributed by atoms with Crippen molar-refractivity contribution in [2.75, 3.05) is 0 Å². The summed E-state index contributed by atoms with van der Waals surface area (Å²) in [6.07, 6.45) is -0.845. The number of rotatable bonds is 5. The number of aryl methyl sites for hydroxylation is 1. The minimum absolute atomic E-state index is 0.0710. The average Bonchev–Trinajstić information content (AvgIpc) is 2.81. The summed E-state index contributed by atoms with van der Waals surface area (Å²) < 4.78 is 5.60. The van der Waals surface area contributed by atoms with E-state index >= 15 is 0 Å². The Hall–Kier alpha value is -1.99. The molecular weight excluding hydrogens is 280 g/mol. The van der Waals surface area contributed by atoms with Crippen LogP contribution in [0.25, 0.3) is 0 Å². The van der Waals surface area contributed by atoms with Crippen LogP contribution in [0.3, 0.4) is 0 Å². The molecular formula is C13H14N2O4S. The van der Waals surface area contributed by atoms with Crippen molar-refractivity contribution in [3.05, 3.63) is 50.0 Å². The van der Waals surface area contributed by atoms with E-state index in [-0.39, 0.29) is 12.3 Å². The number of nitrogens with zero attached hydrogens (tertiary/aromatic N) is 2. The van der Waals surface area contributed by atoms with Gasteiger partial charge in [0.25, 0.3) is 5.69 Å². The van der Waals surface area contributed by atoms with E-state index in [4.69, 9.17) is 4.74 Å². The molecule has 7 heteroatoms. The van der Waals surface area contributed by atoms with Gasteiger partial charge in [0.05, 0.1) is 11.0 Å². The first kappa shape index (κ1) is 14.4. The molecule has 2 aromatic rings. The van der Waals surface area contributed by atoms with Crippen molar-refractivity contribution >= 4 is 17.0 Å². The number of non-ortho nitro benzene ring substituents is 1. The molecule has 2 rings (SSSR count). The summed E-state index contributed by atoms with van der Waals surface area (Å²) in [4.78, 5) is 14.5. The van der Waals surface area contributed by atoms with Crippen LogP contribution in [-0.4, -0.2) is 15.0 Å². The van der Waals surface area contributed by atoms with Crippen LogP contribution < -0.4 is 4.74 Å². The van der Waals surface area contributed by atoms with Gasteiger partial charge in [-0.15, -0.1) is 11.3 Å². The van der Waals surface area contributed by atoms with Gasteiger partial charge in [0.1, 0.15) is 17.4 Å². The second-order valence-electron chi connectivity index (χ2n) is 4.33. The van der Waals surface area contributed by atoms with Crippen LogP contribution in [0.15, 0.2) is 23.6 Å². The monoisotopic (exact) mass is 294 g/mol. The first-order valence-corrected chi connectivity index (χ1v) is 6.85. The maximum Gasteiger partial charge on any atom is 0.270 e. The van der Waals surface area contributed by atoms with E-state index in [2.05, 4.69) is 4.98 Å². The van der Waals surface area contributed by atoms with Crippen molar-refractivity contribution in [1.82, 2.24) is 4.98 Å². The Kier molecular flexibility index (Phi) is 4.31. The molecule has 0 aliphatic carbocycles. The predicted molar refractivity (Wildman–Crippen MR) is 74.9 cm³/mol. The zero-order valence-corrected chi connectivity index (χ0v) is 11.9. The first-order chi connectivity index (χ1) is 9.47. The lowest BCUT2D eigenvalue weighted by Gasteiger charge is -2.12. The zero-order chi connectivity index (χ0) is 14.7. The molecule has 1 aromatic carbocycles. The fourth-order valence-corrected chi connectivity index (χ4v) is 2.40. The standard InChI is InChI=1S/C13H14N2O4S/c1-8-7-20-13(14-8)6-19-12-4-3-10(15(17)18)5-11(12)9(2)16/h3-5,7,9,16H,6H2,1-2H3. The van der Waals surface area contributed by atoms with Gasteiger partial charge in [0.15, 0.2) is 0 Å². The summed E-state index contributed by atoms with van der Waals surface area (Å²) in [6, 6.07) is 4.18. The fraction of sp³-hybridized carbons (Fsp3) is 0.308. The zero-order valence-electron chi connectivity index (χ0n) is 11.1. The Morgan fingerprint density at radius 3 is 2.85 bits per heavy atom. The highest BCUT2D eigenvalue weighted by atomic mass is 32.1. The van der Waals surface area contributed by atoms with Gasteiger partial charge in [-0.2, -0.15) is 0 Å². The number of aliphatic hydroxyl groups is 1. The fourth-order valence-electron chi connectivity index (χ4n) is 1.72. The van der Waals surface area contributed by atoms with Crippen LogP contribution in [0.2, 0.25) is 0 Å². The van der Waals surface area contributed by atoms with Gasteiger partial charge in [0.2, 0.25) is 0 Å². The Morgan fingerprint density at radius 2 is 2.30 bits per heavy atom. The first-order valence-electron chi connectivity index (χ1n) is 5.97. The molecule has 0 aliphatic rings. The van der Waals surface area contributed by atoms with Gasteiger partial charge in [-0.3, -0.25) is 10.1 Å². The summed E-state index contributed by atoms with van der Waals surface area (Å²) in [7, 11) is 0. The summed E-state index contributed by atoms with van der Waals surface area (Å²) in [6.45, 7) is 3.71. The minimum Gasteiger partial charge on any atom is -0.486 e. The minimum atomic E-state index is -0.845. The Bertz CT molecular complexity index is 625. The van der Waals surface area contributed by atoms with Crippen molar-refractivity contribution < 1.29 is 14.8 Å². The number of nitro groups is 1. The normalized spacial score (nSPS) is 12.2. The molecule has 0 amide bonds. The van der Waals surface area contributed by atoms with E-state index in [1.165, 1.54) is 29.5 Å². The molecule has 1 unspecified atom stereocenters. The maximum absolute atomic E-state index is 10.7. The highest BCUT2D eigenvalue weighted by Crippen LogP contribution is 2.30. The molecule has 0 fully saturated rings. The number of aromatic nitrogens is 1. The Balaban J connectivity index is 2.20. The van der Waals surface area contributed by atoms with Crippen LogP contribution in [0, 0.1) is 17.0 Å².